The second-order valence-electron chi connectivity index (χ2n) is 4.74. The first-order chi connectivity index (χ1) is 8.94. The second kappa shape index (κ2) is 5.77. The van der Waals surface area contributed by atoms with Gasteiger partial charge in [0.15, 0.2) is 0 Å². The molecule has 3 nitrogen and oxygen atoms in total. The highest BCUT2D eigenvalue weighted by atomic mass is 79.9. The Hall–Kier alpha value is -0.650. The predicted molar refractivity (Wildman–Crippen MR) is 84.6 cm³/mol. The molecule has 0 aliphatic heterocycles. The number of carbonyl (C=O) groups is 1. The SMILES string of the molecule is NC(=S)C1(NC(=O)c2ccc(Cl)c(Br)c2)CCCC1. The van der Waals surface area contributed by atoms with Crippen LogP contribution in [0.3, 0.4) is 0 Å². The van der Waals surface area contributed by atoms with Crippen molar-refractivity contribution in [3.8, 4) is 0 Å². The summed E-state index contributed by atoms with van der Waals surface area (Å²) in [6.45, 7) is 0. The van der Waals surface area contributed by atoms with Crippen molar-refractivity contribution in [1.82, 2.24) is 5.32 Å². The summed E-state index contributed by atoms with van der Waals surface area (Å²) in [6, 6.07) is 5.06. The number of amides is 1. The van der Waals surface area contributed by atoms with E-state index in [-0.39, 0.29) is 5.91 Å². The molecular weight excluding hydrogens is 348 g/mol. The molecule has 2 rings (SSSR count). The van der Waals surface area contributed by atoms with Crippen LogP contribution in [0.2, 0.25) is 5.02 Å². The zero-order chi connectivity index (χ0) is 14.0. The van der Waals surface area contributed by atoms with Crippen LogP contribution in [-0.2, 0) is 0 Å². The number of benzene rings is 1. The molecule has 1 saturated carbocycles. The van der Waals surface area contributed by atoms with Gasteiger partial charge in [0.05, 0.1) is 15.6 Å². The summed E-state index contributed by atoms with van der Waals surface area (Å²) in [7, 11) is 0. The van der Waals surface area contributed by atoms with E-state index in [4.69, 9.17) is 29.6 Å². The first-order valence-electron chi connectivity index (χ1n) is 6.02. The molecule has 19 heavy (non-hydrogen) atoms. The topological polar surface area (TPSA) is 55.1 Å². The molecule has 1 aromatic rings. The molecule has 0 saturated heterocycles. The average molecular weight is 362 g/mol. The number of nitrogens with one attached hydrogen (secondary N) is 1. The van der Waals surface area contributed by atoms with Crippen LogP contribution in [0.15, 0.2) is 22.7 Å². The van der Waals surface area contributed by atoms with Crippen molar-refractivity contribution in [3.63, 3.8) is 0 Å². The van der Waals surface area contributed by atoms with Crippen LogP contribution in [0.1, 0.15) is 36.0 Å². The molecule has 1 aliphatic carbocycles. The van der Waals surface area contributed by atoms with Crippen molar-refractivity contribution in [3.05, 3.63) is 33.3 Å². The Kier molecular flexibility index (Phi) is 4.48. The van der Waals surface area contributed by atoms with Gasteiger partial charge in [-0.2, -0.15) is 0 Å². The van der Waals surface area contributed by atoms with Crippen molar-refractivity contribution in [1.29, 1.82) is 0 Å². The molecule has 3 N–H and O–H groups in total. The Balaban J connectivity index is 2.20. The predicted octanol–water partition coefficient (Wildman–Crippen LogP) is 3.43. The fraction of sp³-hybridized carbons (Fsp3) is 0.385. The van der Waals surface area contributed by atoms with Crippen LogP contribution in [-0.4, -0.2) is 16.4 Å². The van der Waals surface area contributed by atoms with E-state index in [1.54, 1.807) is 18.2 Å². The molecule has 102 valence electrons. The molecule has 1 aliphatic rings. The average Bonchev–Trinajstić information content (AvgIpc) is 2.82. The van der Waals surface area contributed by atoms with Crippen LogP contribution in [0.5, 0.6) is 0 Å². The van der Waals surface area contributed by atoms with Crippen LogP contribution < -0.4 is 11.1 Å². The lowest BCUT2D eigenvalue weighted by atomic mass is 9.97. The quantitative estimate of drug-likeness (QED) is 0.811. The first-order valence-corrected chi connectivity index (χ1v) is 7.60. The number of hydrogen-bond donors (Lipinski definition) is 2. The van der Waals surface area contributed by atoms with Crippen LogP contribution in [0.4, 0.5) is 0 Å². The van der Waals surface area contributed by atoms with E-state index in [0.717, 1.165) is 25.7 Å². The molecule has 0 bridgehead atoms. The van der Waals surface area contributed by atoms with Crippen molar-refractivity contribution < 1.29 is 4.79 Å². The standard InChI is InChI=1S/C13H14BrClN2OS/c14-9-7-8(3-4-10(9)15)11(18)17-13(12(16)19)5-1-2-6-13/h3-4,7H,1-2,5-6H2,(H2,16,19)(H,17,18). The summed E-state index contributed by atoms with van der Waals surface area (Å²) in [5.74, 6) is -0.174. The molecule has 1 aromatic carbocycles. The van der Waals surface area contributed by atoms with Gasteiger partial charge in [0.25, 0.3) is 5.91 Å². The fourth-order valence-corrected chi connectivity index (χ4v) is 3.09. The molecule has 0 unspecified atom stereocenters. The largest absolute Gasteiger partial charge is 0.391 e. The van der Waals surface area contributed by atoms with Gasteiger partial charge >= 0.3 is 0 Å². The maximum Gasteiger partial charge on any atom is 0.252 e. The summed E-state index contributed by atoms with van der Waals surface area (Å²) < 4.78 is 0.692. The minimum Gasteiger partial charge on any atom is -0.391 e. The Labute approximate surface area is 131 Å². The number of hydrogen-bond acceptors (Lipinski definition) is 2. The highest BCUT2D eigenvalue weighted by Crippen LogP contribution is 2.31. The van der Waals surface area contributed by atoms with Gasteiger partial charge in [0, 0.05) is 10.0 Å². The molecule has 1 fully saturated rings. The lowest BCUT2D eigenvalue weighted by Crippen LogP contribution is -2.54. The van der Waals surface area contributed by atoms with Crippen LogP contribution >= 0.6 is 39.7 Å². The van der Waals surface area contributed by atoms with E-state index in [1.807, 2.05) is 0 Å². The summed E-state index contributed by atoms with van der Waals surface area (Å²) >= 11 is 14.3. The van der Waals surface area contributed by atoms with E-state index in [0.29, 0.717) is 20.0 Å². The molecule has 1 amide bonds. The number of carbonyl (C=O) groups excluding carboxylic acids is 1. The number of thiocarbonyl (C=S) groups is 1. The lowest BCUT2D eigenvalue weighted by Gasteiger charge is -2.29. The Bertz CT molecular complexity index is 529. The summed E-state index contributed by atoms with van der Waals surface area (Å²) in [6.07, 6.45) is 3.68. The van der Waals surface area contributed by atoms with E-state index < -0.39 is 5.54 Å². The minimum atomic E-state index is -0.529. The van der Waals surface area contributed by atoms with E-state index in [9.17, 15) is 4.79 Å². The maximum atomic E-state index is 12.3. The third-order valence-corrected chi connectivity index (χ3v) is 5.07. The van der Waals surface area contributed by atoms with Gasteiger partial charge in [-0.1, -0.05) is 36.7 Å². The molecule has 0 heterocycles. The second-order valence-corrected chi connectivity index (χ2v) is 6.44. The number of halogens is 2. The maximum absolute atomic E-state index is 12.3. The van der Waals surface area contributed by atoms with Gasteiger partial charge in [0.2, 0.25) is 0 Å². The summed E-state index contributed by atoms with van der Waals surface area (Å²) in [4.78, 5) is 12.7. The Morgan fingerprint density at radius 2 is 2.05 bits per heavy atom. The molecular formula is C13H14BrClN2OS. The van der Waals surface area contributed by atoms with Crippen molar-refractivity contribution in [2.45, 2.75) is 31.2 Å². The van der Waals surface area contributed by atoms with Crippen molar-refractivity contribution in [2.75, 3.05) is 0 Å². The highest BCUT2D eigenvalue weighted by Gasteiger charge is 2.38. The zero-order valence-electron chi connectivity index (χ0n) is 10.2. The summed E-state index contributed by atoms with van der Waals surface area (Å²) in [5.41, 5.74) is 5.81. The fourth-order valence-electron chi connectivity index (χ4n) is 2.34. The van der Waals surface area contributed by atoms with Gasteiger partial charge in [-0.3, -0.25) is 4.79 Å². The van der Waals surface area contributed by atoms with Crippen molar-refractivity contribution >= 4 is 50.6 Å². The summed E-state index contributed by atoms with van der Waals surface area (Å²) in [5, 5.41) is 3.56. The number of rotatable bonds is 3. The molecule has 0 radical (unpaired) electrons. The molecule has 0 spiro atoms. The Morgan fingerprint density at radius 1 is 1.42 bits per heavy atom. The van der Waals surface area contributed by atoms with Crippen molar-refractivity contribution in [2.24, 2.45) is 5.73 Å². The van der Waals surface area contributed by atoms with Gasteiger partial charge in [-0.05, 0) is 47.0 Å². The van der Waals surface area contributed by atoms with Gasteiger partial charge in [0.1, 0.15) is 0 Å². The highest BCUT2D eigenvalue weighted by molar-refractivity contribution is 9.10. The van der Waals surface area contributed by atoms with Crippen LogP contribution in [0, 0.1) is 0 Å². The zero-order valence-corrected chi connectivity index (χ0v) is 13.4. The Morgan fingerprint density at radius 3 is 2.58 bits per heavy atom. The molecule has 0 atom stereocenters. The van der Waals surface area contributed by atoms with E-state index in [2.05, 4.69) is 21.2 Å². The third kappa shape index (κ3) is 3.09. The van der Waals surface area contributed by atoms with Gasteiger partial charge in [-0.25, -0.2) is 0 Å². The van der Waals surface area contributed by atoms with E-state index >= 15 is 0 Å². The lowest BCUT2D eigenvalue weighted by molar-refractivity contribution is 0.0924. The third-order valence-electron chi connectivity index (χ3n) is 3.46. The van der Waals surface area contributed by atoms with Crippen LogP contribution in [0.25, 0.3) is 0 Å². The molecule has 6 heteroatoms. The minimum absolute atomic E-state index is 0.174. The number of nitrogens with two attached hydrogens (primary N) is 1. The van der Waals surface area contributed by atoms with Gasteiger partial charge < -0.3 is 11.1 Å². The van der Waals surface area contributed by atoms with E-state index in [1.165, 1.54) is 0 Å². The first kappa shape index (κ1) is 14.8. The monoisotopic (exact) mass is 360 g/mol. The van der Waals surface area contributed by atoms with Gasteiger partial charge in [-0.15, -0.1) is 0 Å². The molecule has 0 aromatic heterocycles. The normalized spacial score (nSPS) is 17.2. The smallest absolute Gasteiger partial charge is 0.252 e.